The molecule has 1 saturated heterocycles. The van der Waals surface area contributed by atoms with Crippen molar-refractivity contribution in [2.75, 3.05) is 32.1 Å². The van der Waals surface area contributed by atoms with Gasteiger partial charge in [0, 0.05) is 11.6 Å². The van der Waals surface area contributed by atoms with E-state index in [0.717, 1.165) is 48.5 Å². The molecule has 3 aromatic rings. The van der Waals surface area contributed by atoms with Crippen molar-refractivity contribution < 1.29 is 14.3 Å². The van der Waals surface area contributed by atoms with E-state index < -0.39 is 0 Å². The maximum Gasteiger partial charge on any atom is 0.234 e. The minimum atomic E-state index is -0.242. The van der Waals surface area contributed by atoms with Gasteiger partial charge in [-0.2, -0.15) is 0 Å². The molecule has 1 aliphatic heterocycles. The van der Waals surface area contributed by atoms with Gasteiger partial charge >= 0.3 is 0 Å². The van der Waals surface area contributed by atoms with Crippen molar-refractivity contribution in [2.24, 2.45) is 5.92 Å². The van der Waals surface area contributed by atoms with Gasteiger partial charge in [0.15, 0.2) is 0 Å². The minimum Gasteiger partial charge on any atom is -0.497 e. The fraction of sp³-hybridized carbons (Fsp3) is 0.286. The van der Waals surface area contributed by atoms with Crippen molar-refractivity contribution in [2.45, 2.75) is 18.9 Å². The number of carbonyl (C=O) groups excluding carboxylic acids is 2. The molecule has 34 heavy (non-hydrogen) atoms. The van der Waals surface area contributed by atoms with Crippen LogP contribution in [0.1, 0.15) is 30.0 Å². The molecule has 3 aromatic carbocycles. The number of ether oxygens (including phenoxy) is 1. The average Bonchev–Trinajstić information content (AvgIpc) is 2.89. The number of methoxy groups -OCH3 is 1. The number of para-hydroxylation sites is 1. The fourth-order valence-corrected chi connectivity index (χ4v) is 4.33. The van der Waals surface area contributed by atoms with Crippen LogP contribution in [0.25, 0.3) is 0 Å². The summed E-state index contributed by atoms with van der Waals surface area (Å²) in [5.41, 5.74) is 2.84. The van der Waals surface area contributed by atoms with E-state index in [2.05, 4.69) is 15.5 Å². The zero-order valence-corrected chi connectivity index (χ0v) is 19.4. The Labute approximate surface area is 200 Å². The molecule has 6 nitrogen and oxygen atoms in total. The second-order valence-electron chi connectivity index (χ2n) is 8.59. The zero-order valence-electron chi connectivity index (χ0n) is 19.4. The highest BCUT2D eigenvalue weighted by molar-refractivity contribution is 5.92. The topological polar surface area (TPSA) is 70.7 Å². The molecular formula is C28H31N3O3. The Morgan fingerprint density at radius 3 is 2.09 bits per heavy atom. The molecule has 0 spiro atoms. The summed E-state index contributed by atoms with van der Waals surface area (Å²) in [6.45, 7) is 1.75. The summed E-state index contributed by atoms with van der Waals surface area (Å²) in [6, 6.07) is 27.0. The molecule has 0 unspecified atom stereocenters. The molecule has 6 heteroatoms. The second kappa shape index (κ2) is 11.5. The quantitative estimate of drug-likeness (QED) is 0.531. The monoisotopic (exact) mass is 457 g/mol. The number of hydrogen-bond donors (Lipinski definition) is 2. The predicted molar refractivity (Wildman–Crippen MR) is 134 cm³/mol. The Balaban J connectivity index is 1.33. The van der Waals surface area contributed by atoms with Crippen molar-refractivity contribution in [3.63, 3.8) is 0 Å². The Morgan fingerprint density at radius 1 is 0.882 bits per heavy atom. The van der Waals surface area contributed by atoms with Gasteiger partial charge < -0.3 is 15.4 Å². The molecule has 4 rings (SSSR count). The van der Waals surface area contributed by atoms with Gasteiger partial charge in [0.05, 0.1) is 19.7 Å². The summed E-state index contributed by atoms with van der Waals surface area (Å²) in [5, 5.41) is 6.19. The summed E-state index contributed by atoms with van der Waals surface area (Å²) < 4.78 is 5.27. The van der Waals surface area contributed by atoms with E-state index in [-0.39, 0.29) is 23.8 Å². The zero-order chi connectivity index (χ0) is 23.8. The van der Waals surface area contributed by atoms with Crippen LogP contribution < -0.4 is 15.4 Å². The molecule has 0 saturated carbocycles. The van der Waals surface area contributed by atoms with E-state index in [4.69, 9.17) is 4.74 Å². The predicted octanol–water partition coefficient (Wildman–Crippen LogP) is 4.25. The molecular weight excluding hydrogens is 426 g/mol. The maximum absolute atomic E-state index is 13.0. The molecule has 0 bridgehead atoms. The van der Waals surface area contributed by atoms with Crippen LogP contribution in [-0.2, 0) is 9.59 Å². The van der Waals surface area contributed by atoms with Crippen molar-refractivity contribution in [3.05, 3.63) is 96.1 Å². The van der Waals surface area contributed by atoms with Gasteiger partial charge in [0.25, 0.3) is 0 Å². The number of rotatable bonds is 8. The first-order valence-electron chi connectivity index (χ1n) is 11.7. The summed E-state index contributed by atoms with van der Waals surface area (Å²) >= 11 is 0. The van der Waals surface area contributed by atoms with E-state index in [0.29, 0.717) is 6.54 Å². The summed E-state index contributed by atoms with van der Waals surface area (Å²) in [7, 11) is 1.64. The largest absolute Gasteiger partial charge is 0.497 e. The number of nitrogens with one attached hydrogen (secondary N) is 2. The van der Waals surface area contributed by atoms with Gasteiger partial charge in [-0.25, -0.2) is 0 Å². The lowest BCUT2D eigenvalue weighted by molar-refractivity contribution is -0.123. The third-order valence-corrected chi connectivity index (χ3v) is 6.25. The Bertz CT molecular complexity index is 1060. The van der Waals surface area contributed by atoms with Gasteiger partial charge in [0.2, 0.25) is 11.8 Å². The van der Waals surface area contributed by atoms with Gasteiger partial charge in [0.1, 0.15) is 5.75 Å². The number of likely N-dealkylation sites (tertiary alicyclic amines) is 1. The van der Waals surface area contributed by atoms with Gasteiger partial charge in [-0.15, -0.1) is 0 Å². The van der Waals surface area contributed by atoms with E-state index in [1.165, 1.54) is 0 Å². The number of piperidine rings is 1. The standard InChI is InChI=1S/C28H31N3O3/c1-34-25-14-12-22(13-15-25)27(21-8-4-2-5-9-21)30-26(32)20-31-18-16-23(17-19-31)28(33)29-24-10-6-3-7-11-24/h2-15,23,27H,16-20H2,1H3,(H,29,33)(H,30,32)/t27-/m0/s1. The first-order chi connectivity index (χ1) is 16.6. The lowest BCUT2D eigenvalue weighted by Gasteiger charge is -2.31. The molecule has 2 N–H and O–H groups in total. The Kier molecular flexibility index (Phi) is 7.94. The van der Waals surface area contributed by atoms with Crippen molar-refractivity contribution >= 4 is 17.5 Å². The molecule has 1 aliphatic rings. The summed E-state index contributed by atoms with van der Waals surface area (Å²) in [6.07, 6.45) is 1.49. The molecule has 0 aromatic heterocycles. The van der Waals surface area contributed by atoms with E-state index in [1.54, 1.807) is 7.11 Å². The Morgan fingerprint density at radius 2 is 1.47 bits per heavy atom. The van der Waals surface area contributed by atoms with Gasteiger partial charge in [-0.05, 0) is 61.3 Å². The highest BCUT2D eigenvalue weighted by atomic mass is 16.5. The van der Waals surface area contributed by atoms with Crippen LogP contribution in [0.5, 0.6) is 5.75 Å². The number of hydrogen-bond acceptors (Lipinski definition) is 4. The Hall–Kier alpha value is -3.64. The maximum atomic E-state index is 13.0. The summed E-state index contributed by atoms with van der Waals surface area (Å²) in [4.78, 5) is 27.7. The first kappa shape index (κ1) is 23.5. The number of nitrogens with zero attached hydrogens (tertiary/aromatic N) is 1. The highest BCUT2D eigenvalue weighted by Gasteiger charge is 2.27. The van der Waals surface area contributed by atoms with Crippen LogP contribution >= 0.6 is 0 Å². The van der Waals surface area contributed by atoms with E-state index in [1.807, 2.05) is 84.9 Å². The minimum absolute atomic E-state index is 0.0307. The molecule has 2 amide bonds. The van der Waals surface area contributed by atoms with Crippen LogP contribution in [-0.4, -0.2) is 43.5 Å². The molecule has 1 atom stereocenters. The van der Waals surface area contributed by atoms with Gasteiger partial charge in [-0.1, -0.05) is 60.7 Å². The third-order valence-electron chi connectivity index (χ3n) is 6.25. The van der Waals surface area contributed by atoms with Crippen LogP contribution in [0.4, 0.5) is 5.69 Å². The van der Waals surface area contributed by atoms with Crippen molar-refractivity contribution in [1.29, 1.82) is 0 Å². The molecule has 0 radical (unpaired) electrons. The average molecular weight is 458 g/mol. The van der Waals surface area contributed by atoms with Crippen molar-refractivity contribution in [3.8, 4) is 5.75 Å². The highest BCUT2D eigenvalue weighted by Crippen LogP contribution is 2.25. The van der Waals surface area contributed by atoms with Crippen LogP contribution in [0.3, 0.4) is 0 Å². The molecule has 1 heterocycles. The third kappa shape index (κ3) is 6.23. The molecule has 1 fully saturated rings. The lowest BCUT2D eigenvalue weighted by atomic mass is 9.95. The van der Waals surface area contributed by atoms with Gasteiger partial charge in [-0.3, -0.25) is 14.5 Å². The fourth-order valence-electron chi connectivity index (χ4n) is 4.33. The first-order valence-corrected chi connectivity index (χ1v) is 11.7. The molecule has 0 aliphatic carbocycles. The van der Waals surface area contributed by atoms with Crippen LogP contribution in [0.2, 0.25) is 0 Å². The normalized spacial score (nSPS) is 15.3. The smallest absolute Gasteiger partial charge is 0.234 e. The number of anilines is 1. The van der Waals surface area contributed by atoms with Crippen molar-refractivity contribution in [1.82, 2.24) is 10.2 Å². The van der Waals surface area contributed by atoms with Crippen LogP contribution in [0.15, 0.2) is 84.9 Å². The van der Waals surface area contributed by atoms with E-state index in [9.17, 15) is 9.59 Å². The second-order valence-corrected chi connectivity index (χ2v) is 8.59. The number of carbonyl (C=O) groups is 2. The van der Waals surface area contributed by atoms with Crippen LogP contribution in [0, 0.1) is 5.92 Å². The summed E-state index contributed by atoms with van der Waals surface area (Å²) in [5.74, 6) is 0.771. The number of benzene rings is 3. The lowest BCUT2D eigenvalue weighted by Crippen LogP contribution is -2.44. The molecule has 176 valence electrons. The van der Waals surface area contributed by atoms with E-state index >= 15 is 0 Å². The number of amides is 2. The SMILES string of the molecule is COc1ccc([C@@H](NC(=O)CN2CCC(C(=O)Nc3ccccc3)CC2)c2ccccc2)cc1.